The molecular weight excluding hydrogens is 881 g/mol. The van der Waals surface area contributed by atoms with Crippen molar-refractivity contribution in [1.82, 2.24) is 4.57 Å². The van der Waals surface area contributed by atoms with Crippen molar-refractivity contribution in [1.29, 1.82) is 0 Å². The lowest BCUT2D eigenvalue weighted by Gasteiger charge is -2.40. The lowest BCUT2D eigenvalue weighted by Crippen LogP contribution is -2.33. The van der Waals surface area contributed by atoms with E-state index in [9.17, 15) is 0 Å². The van der Waals surface area contributed by atoms with Crippen molar-refractivity contribution in [2.45, 2.75) is 30.1 Å². The van der Waals surface area contributed by atoms with Crippen molar-refractivity contribution in [2.24, 2.45) is 0 Å². The third-order valence-electron chi connectivity index (χ3n) is 18.0. The number of rotatable bonds is 3. The predicted molar refractivity (Wildman–Crippen MR) is 300 cm³/mol. The van der Waals surface area contributed by atoms with Crippen LogP contribution in [0.1, 0.15) is 69.5 Å². The summed E-state index contributed by atoms with van der Waals surface area (Å²) in [5, 5.41) is 2.56. The number of hydrogen-bond acceptors (Lipinski definition) is 1. The molecule has 2 spiro atoms. The van der Waals surface area contributed by atoms with Gasteiger partial charge < -0.3 is 9.47 Å². The molecule has 2 heteroatoms. The molecule has 12 aromatic rings. The van der Waals surface area contributed by atoms with E-state index in [2.05, 4.69) is 266 Å². The molecule has 0 saturated carbocycles. The number of para-hydroxylation sites is 2. The number of anilines is 3. The van der Waals surface area contributed by atoms with Crippen LogP contribution in [0.2, 0.25) is 0 Å². The van der Waals surface area contributed by atoms with E-state index < -0.39 is 10.8 Å². The molecule has 1 aromatic heterocycles. The van der Waals surface area contributed by atoms with E-state index in [4.69, 9.17) is 0 Å². The molecule has 0 atom stereocenters. The largest absolute Gasteiger partial charge is 0.310 e. The predicted octanol–water partition coefficient (Wildman–Crippen LogP) is 17.6. The monoisotopic (exact) mass is 926 g/mol. The fourth-order valence-corrected chi connectivity index (χ4v) is 15.2. The first-order chi connectivity index (χ1) is 36.0. The van der Waals surface area contributed by atoms with E-state index >= 15 is 0 Å². The molecule has 0 N–H and O–H groups in total. The molecule has 0 radical (unpaired) electrons. The minimum atomic E-state index is -0.587. The molecule has 0 fully saturated rings. The third kappa shape index (κ3) is 4.63. The normalized spacial score (nSPS) is 15.3. The van der Waals surface area contributed by atoms with Gasteiger partial charge in [-0.2, -0.15) is 0 Å². The molecular formula is C71H46N2. The summed E-state index contributed by atoms with van der Waals surface area (Å²) in [6, 6.07) is 92.9. The fraction of sp³-hybridized carbons (Fsp3) is 0.0704. The molecule has 0 saturated heterocycles. The smallest absolute Gasteiger partial charge is 0.0755 e. The van der Waals surface area contributed by atoms with E-state index in [1.54, 1.807) is 0 Å². The number of hydrogen-bond donors (Lipinski definition) is 0. The SMILES string of the molecule is CC1(C)c2ccccc2-c2ccc(N(c3ccc4c(c3)C3(c5ccccc5-c5ccccc53)c3ccccc3-4)c3ccc4c(c3)C3(c5ccccc5-c5ccccc53)c3cccc5c6ccccc6n-4c35)cc21. The Morgan fingerprint density at radius 1 is 0.288 bits per heavy atom. The summed E-state index contributed by atoms with van der Waals surface area (Å²) in [6.45, 7) is 4.79. The summed E-state index contributed by atoms with van der Waals surface area (Å²) in [5.74, 6) is 0. The van der Waals surface area contributed by atoms with Crippen LogP contribution < -0.4 is 4.90 Å². The van der Waals surface area contributed by atoms with Gasteiger partial charge in [-0.3, -0.25) is 0 Å². The van der Waals surface area contributed by atoms with Gasteiger partial charge in [0, 0.05) is 33.2 Å². The van der Waals surface area contributed by atoms with Gasteiger partial charge in [-0.1, -0.05) is 208 Å². The topological polar surface area (TPSA) is 8.17 Å². The quantitative estimate of drug-likeness (QED) is 0.171. The highest BCUT2D eigenvalue weighted by Gasteiger charge is 2.53. The summed E-state index contributed by atoms with van der Waals surface area (Å²) in [5.41, 5.74) is 29.7. The Labute approximate surface area is 424 Å². The van der Waals surface area contributed by atoms with Gasteiger partial charge in [0.25, 0.3) is 0 Å². The first-order valence-electron chi connectivity index (χ1n) is 25.8. The summed E-state index contributed by atoms with van der Waals surface area (Å²) in [7, 11) is 0. The second-order valence-electron chi connectivity index (χ2n) is 21.4. The maximum Gasteiger partial charge on any atom is 0.0755 e. The Morgan fingerprint density at radius 3 is 1.21 bits per heavy atom. The molecule has 0 amide bonds. The highest BCUT2D eigenvalue weighted by molar-refractivity contribution is 6.13. The molecule has 73 heavy (non-hydrogen) atoms. The average Bonchev–Trinajstić information content (AvgIpc) is 4.20. The zero-order chi connectivity index (χ0) is 48.0. The average molecular weight is 927 g/mol. The lowest BCUT2D eigenvalue weighted by atomic mass is 9.65. The first-order valence-corrected chi connectivity index (χ1v) is 25.8. The second kappa shape index (κ2) is 13.7. The third-order valence-corrected chi connectivity index (χ3v) is 18.0. The Kier molecular flexibility index (Phi) is 7.45. The molecule has 0 bridgehead atoms. The van der Waals surface area contributed by atoms with Crippen LogP contribution in [-0.2, 0) is 16.2 Å². The maximum atomic E-state index is 2.58. The minimum absolute atomic E-state index is 0.184. The van der Waals surface area contributed by atoms with Crippen LogP contribution in [0, 0.1) is 0 Å². The van der Waals surface area contributed by atoms with Gasteiger partial charge >= 0.3 is 0 Å². The molecule has 0 unspecified atom stereocenters. The zero-order valence-electron chi connectivity index (χ0n) is 40.5. The zero-order valence-corrected chi connectivity index (χ0v) is 40.5. The van der Waals surface area contributed by atoms with Crippen LogP contribution in [0.3, 0.4) is 0 Å². The lowest BCUT2D eigenvalue weighted by molar-refractivity contribution is 0.660. The summed E-state index contributed by atoms with van der Waals surface area (Å²) in [6.07, 6.45) is 0. The minimum Gasteiger partial charge on any atom is -0.310 e. The van der Waals surface area contributed by atoms with E-state index in [1.165, 1.54) is 128 Å². The van der Waals surface area contributed by atoms with Crippen LogP contribution >= 0.6 is 0 Å². The van der Waals surface area contributed by atoms with Crippen molar-refractivity contribution in [3.8, 4) is 50.2 Å². The van der Waals surface area contributed by atoms with Crippen LogP contribution in [0.25, 0.3) is 72.0 Å². The Hall–Kier alpha value is -8.98. The van der Waals surface area contributed by atoms with Crippen molar-refractivity contribution in [2.75, 3.05) is 4.90 Å². The maximum absolute atomic E-state index is 2.58. The first kappa shape index (κ1) is 39.7. The van der Waals surface area contributed by atoms with E-state index in [-0.39, 0.29) is 5.41 Å². The molecule has 340 valence electrons. The Morgan fingerprint density at radius 2 is 0.658 bits per heavy atom. The number of nitrogens with zero attached hydrogens (tertiary/aromatic N) is 2. The molecule has 1 aliphatic heterocycles. The van der Waals surface area contributed by atoms with Gasteiger partial charge in [0.05, 0.1) is 27.6 Å². The van der Waals surface area contributed by atoms with Crippen molar-refractivity contribution >= 4 is 38.9 Å². The van der Waals surface area contributed by atoms with Crippen molar-refractivity contribution < 1.29 is 0 Å². The van der Waals surface area contributed by atoms with Crippen LogP contribution in [0.5, 0.6) is 0 Å². The molecule has 4 aliphatic carbocycles. The molecule has 11 aromatic carbocycles. The Bertz CT molecular complexity index is 4340. The summed E-state index contributed by atoms with van der Waals surface area (Å²) < 4.78 is 2.57. The molecule has 2 nitrogen and oxygen atoms in total. The summed E-state index contributed by atoms with van der Waals surface area (Å²) in [4.78, 5) is 2.58. The Balaban J connectivity index is 0.981. The summed E-state index contributed by atoms with van der Waals surface area (Å²) >= 11 is 0. The van der Waals surface area contributed by atoms with Gasteiger partial charge in [0.1, 0.15) is 0 Å². The van der Waals surface area contributed by atoms with Gasteiger partial charge in [-0.25, -0.2) is 0 Å². The van der Waals surface area contributed by atoms with Crippen molar-refractivity contribution in [3.05, 3.63) is 298 Å². The number of aromatic nitrogens is 1. The highest BCUT2D eigenvalue weighted by atomic mass is 15.1. The standard InChI is InChI=1S/C71H46N2/c1-69(2)56-26-10-3-18-46(56)52-37-34-43(40-63(52)69)72(44-35-38-53-51-23-8-13-29-59(51)70(64(53)41-44)57-27-11-4-19-47(57)48-20-5-12-28-58(48)70)45-36-39-67-65(42-45)71(60-30-14-6-21-49(60)50-22-7-15-31-61(50)71)62-32-17-25-55-54-24-9-16-33-66(54)73(67)68(55)62/h3-42H,1-2H3. The van der Waals surface area contributed by atoms with E-state index in [1.807, 2.05) is 0 Å². The number of benzene rings is 11. The van der Waals surface area contributed by atoms with Gasteiger partial charge in [-0.05, 0) is 149 Å². The second-order valence-corrected chi connectivity index (χ2v) is 21.4. The molecule has 2 heterocycles. The van der Waals surface area contributed by atoms with Gasteiger partial charge in [0.2, 0.25) is 0 Å². The highest BCUT2D eigenvalue weighted by Crippen LogP contribution is 2.65. The van der Waals surface area contributed by atoms with Crippen LogP contribution in [-0.4, -0.2) is 4.57 Å². The number of fused-ring (bicyclic) bond motifs is 25. The van der Waals surface area contributed by atoms with Crippen LogP contribution in [0.15, 0.2) is 243 Å². The van der Waals surface area contributed by atoms with Crippen LogP contribution in [0.4, 0.5) is 17.1 Å². The van der Waals surface area contributed by atoms with E-state index in [0.717, 1.165) is 17.1 Å². The molecule has 17 rings (SSSR count). The van der Waals surface area contributed by atoms with E-state index in [0.29, 0.717) is 0 Å². The van der Waals surface area contributed by atoms with Gasteiger partial charge in [0.15, 0.2) is 0 Å². The van der Waals surface area contributed by atoms with Gasteiger partial charge in [-0.15, -0.1) is 0 Å². The van der Waals surface area contributed by atoms with Crippen molar-refractivity contribution in [3.63, 3.8) is 0 Å². The fourth-order valence-electron chi connectivity index (χ4n) is 15.2. The molecule has 5 aliphatic rings.